The van der Waals surface area contributed by atoms with E-state index in [-0.39, 0.29) is 5.91 Å². The first-order chi connectivity index (χ1) is 12.4. The molecular formula is C20H24N2O3S. The maximum Gasteiger partial charge on any atom is 0.255 e. The van der Waals surface area contributed by atoms with Gasteiger partial charge in [-0.1, -0.05) is 24.3 Å². The van der Waals surface area contributed by atoms with E-state index in [9.17, 15) is 13.2 Å². The van der Waals surface area contributed by atoms with E-state index in [1.807, 2.05) is 24.3 Å². The quantitative estimate of drug-likeness (QED) is 0.819. The number of amides is 1. The zero-order valence-corrected chi connectivity index (χ0v) is 15.7. The first kappa shape index (κ1) is 18.6. The van der Waals surface area contributed by atoms with Crippen molar-refractivity contribution in [3.63, 3.8) is 0 Å². The van der Waals surface area contributed by atoms with Crippen LogP contribution in [0, 0.1) is 0 Å². The summed E-state index contributed by atoms with van der Waals surface area (Å²) in [5.74, 6) is -0.121. The lowest BCUT2D eigenvalue weighted by Gasteiger charge is -2.19. The van der Waals surface area contributed by atoms with E-state index in [2.05, 4.69) is 16.1 Å². The molecule has 0 atom stereocenters. The summed E-state index contributed by atoms with van der Waals surface area (Å²) in [6, 6.07) is 13.4. The van der Waals surface area contributed by atoms with Crippen molar-refractivity contribution in [2.45, 2.75) is 32.1 Å². The van der Waals surface area contributed by atoms with Gasteiger partial charge in [0.05, 0.1) is 6.26 Å². The van der Waals surface area contributed by atoms with Crippen LogP contribution in [0.1, 0.15) is 39.9 Å². The summed E-state index contributed by atoms with van der Waals surface area (Å²) in [6.45, 7) is 0.348. The van der Waals surface area contributed by atoms with Crippen LogP contribution < -0.4 is 10.0 Å². The van der Waals surface area contributed by atoms with Gasteiger partial charge in [0.2, 0.25) is 10.0 Å². The Kier molecular flexibility index (Phi) is 5.74. The second-order valence-corrected chi connectivity index (χ2v) is 8.55. The van der Waals surface area contributed by atoms with Crippen molar-refractivity contribution in [2.75, 3.05) is 18.1 Å². The molecule has 0 fully saturated rings. The summed E-state index contributed by atoms with van der Waals surface area (Å²) >= 11 is 0. The Hall–Kier alpha value is -2.18. The molecule has 0 spiro atoms. The third-order valence-corrected chi connectivity index (χ3v) is 5.37. The van der Waals surface area contributed by atoms with Gasteiger partial charge in [-0.05, 0) is 67.0 Å². The fourth-order valence-corrected chi connectivity index (χ4v) is 3.77. The number of hydrogen-bond donors (Lipinski definition) is 2. The Labute approximate surface area is 154 Å². The number of benzene rings is 2. The molecule has 0 saturated heterocycles. The number of aryl methyl sites for hydroxylation is 1. The van der Waals surface area contributed by atoms with Crippen LogP contribution in [0.15, 0.2) is 42.5 Å². The van der Waals surface area contributed by atoms with Crippen LogP contribution in [-0.4, -0.2) is 27.1 Å². The first-order valence-electron chi connectivity index (χ1n) is 8.88. The van der Waals surface area contributed by atoms with Gasteiger partial charge in [0, 0.05) is 17.8 Å². The Bertz CT molecular complexity index is 890. The molecule has 1 aliphatic carbocycles. The van der Waals surface area contributed by atoms with Gasteiger partial charge in [0.25, 0.3) is 5.91 Å². The van der Waals surface area contributed by atoms with Gasteiger partial charge >= 0.3 is 0 Å². The highest BCUT2D eigenvalue weighted by molar-refractivity contribution is 7.88. The van der Waals surface area contributed by atoms with Crippen LogP contribution in [0.5, 0.6) is 0 Å². The fourth-order valence-electron chi connectivity index (χ4n) is 3.30. The van der Waals surface area contributed by atoms with E-state index < -0.39 is 10.0 Å². The van der Waals surface area contributed by atoms with E-state index in [0.29, 0.717) is 18.5 Å². The number of nitrogens with one attached hydrogen (secondary N) is 2. The SMILES string of the molecule is CS(=O)(=O)NCCc1ccc(C(=O)Nc2cccc3c2CCCC3)cc1. The average molecular weight is 372 g/mol. The molecule has 0 heterocycles. The molecule has 0 aliphatic heterocycles. The van der Waals surface area contributed by atoms with Gasteiger partial charge in [-0.3, -0.25) is 4.79 Å². The molecule has 5 nitrogen and oxygen atoms in total. The number of fused-ring (bicyclic) bond motifs is 1. The summed E-state index contributed by atoms with van der Waals surface area (Å²) in [5, 5.41) is 3.04. The zero-order valence-electron chi connectivity index (χ0n) is 14.9. The smallest absolute Gasteiger partial charge is 0.255 e. The van der Waals surface area contributed by atoms with E-state index in [4.69, 9.17) is 0 Å². The maximum absolute atomic E-state index is 12.6. The Morgan fingerprint density at radius 1 is 1.04 bits per heavy atom. The molecule has 138 valence electrons. The second kappa shape index (κ2) is 8.01. The van der Waals surface area contributed by atoms with Gasteiger partial charge in [-0.2, -0.15) is 0 Å². The molecule has 0 saturated carbocycles. The van der Waals surface area contributed by atoms with Crippen molar-refractivity contribution in [2.24, 2.45) is 0 Å². The Balaban J connectivity index is 1.64. The molecule has 0 aromatic heterocycles. The van der Waals surface area contributed by atoms with E-state index in [1.54, 1.807) is 12.1 Å². The van der Waals surface area contributed by atoms with Crippen molar-refractivity contribution in [3.8, 4) is 0 Å². The first-order valence-corrected chi connectivity index (χ1v) is 10.8. The summed E-state index contributed by atoms with van der Waals surface area (Å²) in [6.07, 6.45) is 6.19. The summed E-state index contributed by atoms with van der Waals surface area (Å²) in [7, 11) is -3.17. The third-order valence-electron chi connectivity index (χ3n) is 4.64. The van der Waals surface area contributed by atoms with Crippen LogP contribution in [-0.2, 0) is 29.3 Å². The predicted octanol–water partition coefficient (Wildman–Crippen LogP) is 2.91. The van der Waals surface area contributed by atoms with Crippen molar-refractivity contribution in [1.82, 2.24) is 4.72 Å². The van der Waals surface area contributed by atoms with Crippen molar-refractivity contribution < 1.29 is 13.2 Å². The minimum absolute atomic E-state index is 0.121. The number of rotatable bonds is 6. The van der Waals surface area contributed by atoms with Crippen LogP contribution in [0.3, 0.4) is 0 Å². The molecule has 0 radical (unpaired) electrons. The standard InChI is InChI=1S/C20H24N2O3S/c1-26(24,25)21-14-13-15-9-11-17(12-10-15)20(23)22-19-8-4-6-16-5-2-3-7-18(16)19/h4,6,8-12,21H,2-3,5,7,13-14H2,1H3,(H,22,23). The van der Waals surface area contributed by atoms with Gasteiger partial charge in [0.1, 0.15) is 0 Å². The molecule has 6 heteroatoms. The highest BCUT2D eigenvalue weighted by atomic mass is 32.2. The lowest BCUT2D eigenvalue weighted by molar-refractivity contribution is 0.102. The number of carbonyl (C=O) groups excluding carboxylic acids is 1. The molecule has 3 rings (SSSR count). The van der Waals surface area contributed by atoms with Gasteiger partial charge in [-0.15, -0.1) is 0 Å². The molecule has 2 N–H and O–H groups in total. The lowest BCUT2D eigenvalue weighted by Crippen LogP contribution is -2.24. The van der Waals surface area contributed by atoms with Crippen LogP contribution in [0.2, 0.25) is 0 Å². The Morgan fingerprint density at radius 3 is 2.50 bits per heavy atom. The largest absolute Gasteiger partial charge is 0.322 e. The van der Waals surface area contributed by atoms with E-state index in [1.165, 1.54) is 17.5 Å². The summed E-state index contributed by atoms with van der Waals surface area (Å²) in [5.41, 5.74) is 5.08. The van der Waals surface area contributed by atoms with Crippen molar-refractivity contribution >= 4 is 21.6 Å². The second-order valence-electron chi connectivity index (χ2n) is 6.72. The van der Waals surface area contributed by atoms with E-state index >= 15 is 0 Å². The fraction of sp³-hybridized carbons (Fsp3) is 0.350. The molecule has 1 amide bonds. The zero-order chi connectivity index (χ0) is 18.6. The van der Waals surface area contributed by atoms with Gasteiger partial charge in [0.15, 0.2) is 0 Å². The van der Waals surface area contributed by atoms with Gasteiger partial charge < -0.3 is 5.32 Å². The number of hydrogen-bond acceptors (Lipinski definition) is 3. The summed E-state index contributed by atoms with van der Waals surface area (Å²) < 4.78 is 24.6. The highest BCUT2D eigenvalue weighted by Gasteiger charge is 2.15. The number of carbonyl (C=O) groups is 1. The highest BCUT2D eigenvalue weighted by Crippen LogP contribution is 2.28. The molecule has 26 heavy (non-hydrogen) atoms. The minimum atomic E-state index is -3.17. The lowest BCUT2D eigenvalue weighted by atomic mass is 9.90. The Morgan fingerprint density at radius 2 is 1.77 bits per heavy atom. The molecule has 2 aromatic rings. The third kappa shape index (κ3) is 4.93. The monoisotopic (exact) mass is 372 g/mol. The van der Waals surface area contributed by atoms with Crippen molar-refractivity contribution in [3.05, 3.63) is 64.7 Å². The van der Waals surface area contributed by atoms with E-state index in [0.717, 1.165) is 36.8 Å². The van der Waals surface area contributed by atoms with Crippen molar-refractivity contribution in [1.29, 1.82) is 0 Å². The van der Waals surface area contributed by atoms with Gasteiger partial charge in [-0.25, -0.2) is 13.1 Å². The number of sulfonamides is 1. The number of anilines is 1. The molecule has 0 bridgehead atoms. The normalized spacial score (nSPS) is 13.9. The predicted molar refractivity (Wildman–Crippen MR) is 104 cm³/mol. The van der Waals surface area contributed by atoms with Crippen LogP contribution in [0.25, 0.3) is 0 Å². The molecular weight excluding hydrogens is 348 g/mol. The average Bonchev–Trinajstić information content (AvgIpc) is 2.61. The maximum atomic E-state index is 12.6. The van der Waals surface area contributed by atoms with Crippen LogP contribution in [0.4, 0.5) is 5.69 Å². The molecule has 2 aromatic carbocycles. The minimum Gasteiger partial charge on any atom is -0.322 e. The topological polar surface area (TPSA) is 75.3 Å². The van der Waals surface area contributed by atoms with Crippen LogP contribution >= 0.6 is 0 Å². The summed E-state index contributed by atoms with van der Waals surface area (Å²) in [4.78, 5) is 12.6. The molecule has 1 aliphatic rings. The molecule has 0 unspecified atom stereocenters.